The number of ether oxygens (including phenoxy) is 10. The molecule has 12 aromatic rings. The summed E-state index contributed by atoms with van der Waals surface area (Å²) in [6.45, 7) is 3.04. The van der Waals surface area contributed by atoms with Gasteiger partial charge in [-0.15, -0.1) is 5.10 Å². The van der Waals surface area contributed by atoms with E-state index in [-0.39, 0.29) is 70.5 Å². The average molecular weight is 1810 g/mol. The number of carboxylic acid groups (broad SMARTS) is 1. The van der Waals surface area contributed by atoms with Crippen molar-refractivity contribution in [2.75, 3.05) is 77.6 Å². The van der Waals surface area contributed by atoms with E-state index in [4.69, 9.17) is 77.0 Å². The van der Waals surface area contributed by atoms with E-state index in [1.807, 2.05) is 25.1 Å². The van der Waals surface area contributed by atoms with Gasteiger partial charge in [0.05, 0.1) is 128 Å². The zero-order valence-corrected chi connectivity index (χ0v) is 72.5. The predicted molar refractivity (Wildman–Crippen MR) is 456 cm³/mol. The second kappa shape index (κ2) is 45.2. The maximum absolute atomic E-state index is 13.8. The second-order valence-corrected chi connectivity index (χ2v) is 28.8. The fraction of sp³-hybridized carbons (Fsp3) is 0.284. The van der Waals surface area contributed by atoms with Gasteiger partial charge in [-0.05, 0) is 184 Å². The third-order valence-corrected chi connectivity index (χ3v) is 20.8. The van der Waals surface area contributed by atoms with Crippen molar-refractivity contribution in [2.45, 2.75) is 75.1 Å². The van der Waals surface area contributed by atoms with E-state index in [2.05, 4.69) is 65.4 Å². The number of alkyl halides is 1. The van der Waals surface area contributed by atoms with Crippen molar-refractivity contribution >= 4 is 68.8 Å². The van der Waals surface area contributed by atoms with Crippen LogP contribution in [-0.2, 0) is 43.8 Å². The van der Waals surface area contributed by atoms with Gasteiger partial charge in [0.2, 0.25) is 0 Å². The summed E-state index contributed by atoms with van der Waals surface area (Å²) in [6.07, 6.45) is 12.6. The monoisotopic (exact) mass is 1810 g/mol. The number of aromatic carboxylic acids is 1. The highest BCUT2D eigenvalue weighted by atomic mass is 79.9. The highest BCUT2D eigenvalue weighted by Crippen LogP contribution is 2.50. The molecule has 14 rings (SSSR count). The quantitative estimate of drug-likeness (QED) is 0.0146. The minimum atomic E-state index is -1.33. The summed E-state index contributed by atoms with van der Waals surface area (Å²) in [5.41, 5.74) is 12.1. The molecule has 2 fully saturated rings. The number of carbonyl (C=O) groups is 5. The van der Waals surface area contributed by atoms with E-state index >= 15 is 0 Å². The van der Waals surface area contributed by atoms with Crippen LogP contribution in [0, 0.1) is 30.4 Å². The Hall–Kier alpha value is -13.0. The van der Waals surface area contributed by atoms with Gasteiger partial charge in [0.25, 0.3) is 0 Å². The molecule has 7 aromatic carbocycles. The first-order valence-corrected chi connectivity index (χ1v) is 39.8. The first kappa shape index (κ1) is 94.9. The van der Waals surface area contributed by atoms with Crippen LogP contribution in [0.15, 0.2) is 190 Å². The SMILES string of the molecule is COC(=O)c1ccc(C)c(OC)c1.COC(=O)c1ccc(CBr)c(OC)c1.COC(=O)c1ccc(Cn2cncn2)c(OC)c1.COc1cc(C(=O)CCC(O)(c2ccc(OC)c(-c3ccc(F)c(Cl)c3)n2)C2CC2)ccc1On1cncn1.COc1cc(C(=O)O)ccc1Cn1cncn1.COc1ccc(C(O)(CN)C2CC2)nc1-c1ccc(F)c(Cl)c1. The molecule has 2 aliphatic carbocycles. The molecule has 2 aliphatic rings. The van der Waals surface area contributed by atoms with E-state index in [1.54, 1.807) is 140 Å². The molecule has 31 nitrogen and oxygen atoms in total. The summed E-state index contributed by atoms with van der Waals surface area (Å²) in [7, 11) is 14.8. The van der Waals surface area contributed by atoms with Crippen LogP contribution < -0.4 is 43.7 Å². The molecule has 0 saturated heterocycles. The lowest BCUT2D eigenvalue weighted by atomic mass is 9.86. The molecule has 124 heavy (non-hydrogen) atoms. The minimum Gasteiger partial charge on any atom is -0.496 e. The number of halogens is 5. The third-order valence-electron chi connectivity index (χ3n) is 19.6. The van der Waals surface area contributed by atoms with Crippen molar-refractivity contribution in [3.63, 3.8) is 0 Å². The molecule has 5 aromatic heterocycles. The van der Waals surface area contributed by atoms with Crippen molar-refractivity contribution in [3.05, 3.63) is 273 Å². The zero-order valence-electron chi connectivity index (χ0n) is 69.4. The van der Waals surface area contributed by atoms with Gasteiger partial charge in [-0.25, -0.2) is 62.2 Å². The van der Waals surface area contributed by atoms with Gasteiger partial charge in [0.1, 0.15) is 100 Å². The number of aromatic nitrogens is 11. The lowest BCUT2D eigenvalue weighted by molar-refractivity contribution is -0.00111. The number of methoxy groups -OCH3 is 10. The van der Waals surface area contributed by atoms with E-state index in [1.165, 1.54) is 116 Å². The lowest BCUT2D eigenvalue weighted by Crippen LogP contribution is -2.38. The Bertz CT molecular complexity index is 5620. The molecule has 0 amide bonds. The largest absolute Gasteiger partial charge is 0.496 e. The number of esters is 3. The summed E-state index contributed by atoms with van der Waals surface area (Å²) in [6, 6.07) is 40.7. The van der Waals surface area contributed by atoms with Crippen molar-refractivity contribution in [2.24, 2.45) is 17.6 Å². The number of carbonyl (C=O) groups excluding carboxylic acids is 4. The van der Waals surface area contributed by atoms with E-state index < -0.39 is 28.8 Å². The standard InChI is InChI=1S/C28H26ClFN4O5.C17H18ClFN2O2.C12H13N3O3.C11H11N3O3.C10H11BrO3.C10H12O3/c1-37-24-9-10-26(33-27(24)18-3-7-21(30)20(29)13-18)28(36,19-5-6-19)12-11-22(35)17-4-8-23(25(14-17)38-2)39-34-16-31-15-32-34;1-23-14-6-7-15(17(22,9-20)11-3-4-11)21-16(14)10-2-5-13(19)12(18)8-10;1-17-11-5-9(12(16)18-2)3-4-10(11)6-15-8-13-7-14-15;1-17-10-4-8(11(15)16)2-3-9(10)5-14-7-12-6-13-14;1-13-9-5-7(10(12)14-2)3-4-8(9)6-11;1-7-4-5-8(10(11)13-3)6-9(7)12-2/h3-4,7-10,13-16,19,36H,5-6,11-12H2,1-2H3;2,5-8,11,22H,3-4,9,20H2,1H3;3-5,7-8H,6H2,1-2H3;2-4,6-7H,5H2,1H3,(H,15,16);3-5H,6H2,1-2H3;4-6H,1-3H3. The first-order valence-electron chi connectivity index (χ1n) is 37.9. The number of pyridine rings is 2. The van der Waals surface area contributed by atoms with Crippen LogP contribution in [-0.4, -0.2) is 177 Å². The topological polar surface area (TPSA) is 392 Å². The molecular weight excluding hydrogens is 1720 g/mol. The van der Waals surface area contributed by atoms with Crippen LogP contribution in [0.1, 0.15) is 124 Å². The van der Waals surface area contributed by atoms with Gasteiger partial charge in [0, 0.05) is 51.7 Å². The number of hydrogen-bond donors (Lipinski definition) is 4. The summed E-state index contributed by atoms with van der Waals surface area (Å²) in [5.74, 6) is 1.03. The Morgan fingerprint density at radius 1 is 0.468 bits per heavy atom. The lowest BCUT2D eigenvalue weighted by Gasteiger charge is -2.28. The second-order valence-electron chi connectivity index (χ2n) is 27.4. The Balaban J connectivity index is 0.000000178. The number of aryl methyl sites for hydroxylation is 1. The van der Waals surface area contributed by atoms with Crippen molar-refractivity contribution in [3.8, 4) is 68.5 Å². The number of rotatable bonds is 29. The molecule has 2 atom stereocenters. The van der Waals surface area contributed by atoms with Gasteiger partial charge < -0.3 is 73.3 Å². The fourth-order valence-corrected chi connectivity index (χ4v) is 13.4. The minimum absolute atomic E-state index is 0.00744. The summed E-state index contributed by atoms with van der Waals surface area (Å²) >= 11 is 15.2. The predicted octanol–water partition coefficient (Wildman–Crippen LogP) is 14.7. The van der Waals surface area contributed by atoms with Gasteiger partial charge in [-0.3, -0.25) is 4.79 Å². The maximum atomic E-state index is 13.8. The Kier molecular flexibility index (Phi) is 34.6. The van der Waals surface area contributed by atoms with Crippen LogP contribution in [0.5, 0.6) is 46.0 Å². The van der Waals surface area contributed by atoms with E-state index in [0.717, 1.165) is 47.9 Å². The molecule has 5 N–H and O–H groups in total. The number of ketones is 1. The molecule has 0 aliphatic heterocycles. The van der Waals surface area contributed by atoms with E-state index in [9.17, 15) is 43.0 Å². The number of Topliss-reactive ketones (excluding diaryl/α,β-unsaturated/α-hetero) is 1. The number of carboxylic acids is 1. The summed E-state index contributed by atoms with van der Waals surface area (Å²) in [4.78, 5) is 85.3. The third kappa shape index (κ3) is 24.9. The van der Waals surface area contributed by atoms with Crippen molar-refractivity contribution in [1.29, 1.82) is 0 Å². The van der Waals surface area contributed by atoms with Crippen LogP contribution in [0.25, 0.3) is 22.5 Å². The average Bonchev–Trinajstić information content (AvgIpc) is 1.59. The van der Waals surface area contributed by atoms with E-state index in [0.29, 0.717) is 121 Å². The molecule has 2 saturated carbocycles. The maximum Gasteiger partial charge on any atom is 0.337 e. The highest BCUT2D eigenvalue weighted by Gasteiger charge is 2.47. The highest BCUT2D eigenvalue weighted by molar-refractivity contribution is 9.08. The Morgan fingerprint density at radius 3 is 1.27 bits per heavy atom. The number of aliphatic hydroxyl groups is 2. The van der Waals surface area contributed by atoms with Crippen LogP contribution in [0.4, 0.5) is 8.78 Å². The van der Waals surface area contributed by atoms with Crippen LogP contribution >= 0.6 is 39.1 Å². The number of nitrogens with zero attached hydrogens (tertiary/aromatic N) is 11. The van der Waals surface area contributed by atoms with Gasteiger partial charge in [-0.1, -0.05) is 68.2 Å². The summed E-state index contributed by atoms with van der Waals surface area (Å²) in [5, 5.41) is 44.1. The van der Waals surface area contributed by atoms with Gasteiger partial charge >= 0.3 is 23.9 Å². The molecule has 5 heterocycles. The first-order chi connectivity index (χ1) is 59.7. The molecular formula is C88H91BrCl2F2N12O19. The number of nitrogens with two attached hydrogens (primary N) is 1. The van der Waals surface area contributed by atoms with Gasteiger partial charge in [-0.2, -0.15) is 10.2 Å². The molecule has 36 heteroatoms. The van der Waals surface area contributed by atoms with Crippen LogP contribution in [0.2, 0.25) is 10.0 Å². The number of benzene rings is 7. The fourth-order valence-electron chi connectivity index (χ4n) is 12.5. The molecule has 0 radical (unpaired) electrons. The molecule has 652 valence electrons. The Labute approximate surface area is 730 Å². The van der Waals surface area contributed by atoms with Crippen molar-refractivity contribution in [1.82, 2.24) is 54.4 Å². The van der Waals surface area contributed by atoms with Crippen LogP contribution in [0.3, 0.4) is 0 Å². The van der Waals surface area contributed by atoms with Crippen molar-refractivity contribution < 1.29 is 100 Å². The normalized spacial score (nSPS) is 12.6. The Morgan fingerprint density at radius 2 is 0.863 bits per heavy atom. The van der Waals surface area contributed by atoms with Gasteiger partial charge in [0.15, 0.2) is 23.6 Å². The molecule has 0 spiro atoms. The zero-order chi connectivity index (χ0) is 89.8. The molecule has 2 unspecified atom stereocenters. The molecule has 0 bridgehead atoms. The summed E-state index contributed by atoms with van der Waals surface area (Å²) < 4.78 is 81.2. The smallest absolute Gasteiger partial charge is 0.337 e. The number of hydrogen-bond acceptors (Lipinski definition) is 27.